The third-order valence-electron chi connectivity index (χ3n) is 3.02. The molecule has 0 saturated heterocycles. The Balaban J connectivity index is 2.08. The normalized spacial score (nSPS) is 9.84. The molecule has 7 nitrogen and oxygen atoms in total. The number of hydrogen-bond acceptors (Lipinski definition) is 5. The number of amides is 2. The molecule has 0 heterocycles. The second kappa shape index (κ2) is 8.49. The van der Waals surface area contributed by atoms with Gasteiger partial charge in [-0.1, -0.05) is 18.2 Å². The van der Waals surface area contributed by atoms with Crippen LogP contribution in [0.15, 0.2) is 48.5 Å². The lowest BCUT2D eigenvalue weighted by Crippen LogP contribution is -2.21. The maximum Gasteiger partial charge on any atom is 0.340 e. The Bertz CT molecular complexity index is 789. The SMILES string of the molecule is CCOC(=O)c1ccccc1NC(=O)Nc1cccc(OC(C)=O)c1. The van der Waals surface area contributed by atoms with E-state index in [0.717, 1.165) is 0 Å². The number of benzene rings is 2. The molecule has 2 amide bonds. The van der Waals surface area contributed by atoms with E-state index in [0.29, 0.717) is 17.1 Å². The molecule has 0 atom stereocenters. The molecule has 0 fully saturated rings. The molecule has 0 aliphatic carbocycles. The number of nitrogens with one attached hydrogen (secondary N) is 2. The van der Waals surface area contributed by atoms with Crippen LogP contribution in [0.3, 0.4) is 0 Å². The molecule has 2 rings (SSSR count). The summed E-state index contributed by atoms with van der Waals surface area (Å²) in [6, 6.07) is 12.4. The maximum absolute atomic E-state index is 12.2. The lowest BCUT2D eigenvalue weighted by atomic mass is 10.2. The zero-order valence-electron chi connectivity index (χ0n) is 13.9. The lowest BCUT2D eigenvalue weighted by molar-refractivity contribution is -0.131. The zero-order valence-corrected chi connectivity index (χ0v) is 13.9. The second-order valence-corrected chi connectivity index (χ2v) is 4.97. The van der Waals surface area contributed by atoms with E-state index >= 15 is 0 Å². The van der Waals surface area contributed by atoms with E-state index in [4.69, 9.17) is 9.47 Å². The van der Waals surface area contributed by atoms with Crippen molar-refractivity contribution in [1.29, 1.82) is 0 Å². The maximum atomic E-state index is 12.2. The first-order chi connectivity index (χ1) is 12.0. The Hall–Kier alpha value is -3.35. The first kappa shape index (κ1) is 18.0. The van der Waals surface area contributed by atoms with Crippen molar-refractivity contribution in [2.24, 2.45) is 0 Å². The molecule has 0 saturated carbocycles. The van der Waals surface area contributed by atoms with Crippen molar-refractivity contribution >= 4 is 29.3 Å². The Morgan fingerprint density at radius 3 is 2.48 bits per heavy atom. The fourth-order valence-electron chi connectivity index (χ4n) is 2.07. The van der Waals surface area contributed by atoms with Gasteiger partial charge in [0, 0.05) is 18.7 Å². The highest BCUT2D eigenvalue weighted by atomic mass is 16.5. The summed E-state index contributed by atoms with van der Waals surface area (Å²) in [6.07, 6.45) is 0. The minimum Gasteiger partial charge on any atom is -0.462 e. The number of rotatable bonds is 5. The monoisotopic (exact) mass is 342 g/mol. The van der Waals surface area contributed by atoms with Crippen LogP contribution in [-0.4, -0.2) is 24.6 Å². The van der Waals surface area contributed by atoms with Gasteiger partial charge < -0.3 is 20.1 Å². The quantitative estimate of drug-likeness (QED) is 0.641. The standard InChI is InChI=1S/C18H18N2O5/c1-3-24-17(22)15-9-4-5-10-16(15)20-18(23)19-13-7-6-8-14(11-13)25-12(2)21/h4-11H,3H2,1-2H3,(H2,19,20,23). The van der Waals surface area contributed by atoms with Crippen molar-refractivity contribution < 1.29 is 23.9 Å². The van der Waals surface area contributed by atoms with Crippen molar-refractivity contribution in [3.05, 3.63) is 54.1 Å². The molecular weight excluding hydrogens is 324 g/mol. The average molecular weight is 342 g/mol. The number of esters is 2. The van der Waals surface area contributed by atoms with Crippen molar-refractivity contribution in [1.82, 2.24) is 0 Å². The van der Waals surface area contributed by atoms with Crippen LogP contribution in [0.1, 0.15) is 24.2 Å². The van der Waals surface area contributed by atoms with Gasteiger partial charge in [0.1, 0.15) is 5.75 Å². The Labute approximate surface area is 144 Å². The minimum absolute atomic E-state index is 0.238. The molecule has 0 spiro atoms. The Kier molecular flexibility index (Phi) is 6.11. The molecule has 2 aromatic rings. The molecule has 2 aromatic carbocycles. The third kappa shape index (κ3) is 5.35. The molecule has 7 heteroatoms. The van der Waals surface area contributed by atoms with Crippen LogP contribution in [0.25, 0.3) is 0 Å². The number of para-hydroxylation sites is 1. The van der Waals surface area contributed by atoms with E-state index in [1.807, 2.05) is 0 Å². The van der Waals surface area contributed by atoms with Gasteiger partial charge in [0.15, 0.2) is 0 Å². The van der Waals surface area contributed by atoms with E-state index in [1.165, 1.54) is 13.0 Å². The van der Waals surface area contributed by atoms with Gasteiger partial charge in [-0.15, -0.1) is 0 Å². The van der Waals surface area contributed by atoms with E-state index < -0.39 is 18.0 Å². The lowest BCUT2D eigenvalue weighted by Gasteiger charge is -2.11. The van der Waals surface area contributed by atoms with Crippen molar-refractivity contribution in [2.75, 3.05) is 17.2 Å². The average Bonchev–Trinajstić information content (AvgIpc) is 2.55. The Morgan fingerprint density at radius 1 is 1.00 bits per heavy atom. The van der Waals surface area contributed by atoms with Crippen molar-refractivity contribution in [3.8, 4) is 5.75 Å². The summed E-state index contributed by atoms with van der Waals surface area (Å²) in [5, 5.41) is 5.21. The van der Waals surface area contributed by atoms with Crippen molar-refractivity contribution in [3.63, 3.8) is 0 Å². The van der Waals surface area contributed by atoms with E-state index in [-0.39, 0.29) is 12.2 Å². The summed E-state index contributed by atoms with van der Waals surface area (Å²) < 4.78 is 9.92. The fourth-order valence-corrected chi connectivity index (χ4v) is 2.07. The highest BCUT2D eigenvalue weighted by Gasteiger charge is 2.14. The van der Waals surface area contributed by atoms with Gasteiger partial charge in [0.2, 0.25) is 0 Å². The largest absolute Gasteiger partial charge is 0.462 e. The summed E-state index contributed by atoms with van der Waals surface area (Å²) >= 11 is 0. The van der Waals surface area contributed by atoms with Crippen molar-refractivity contribution in [2.45, 2.75) is 13.8 Å². The molecule has 0 bridgehead atoms. The van der Waals surface area contributed by atoms with Gasteiger partial charge in [0.25, 0.3) is 0 Å². The summed E-state index contributed by atoms with van der Waals surface area (Å²) in [5.41, 5.74) is 1.02. The molecule has 25 heavy (non-hydrogen) atoms. The summed E-state index contributed by atoms with van der Waals surface area (Å²) in [7, 11) is 0. The van der Waals surface area contributed by atoms with Crippen LogP contribution >= 0.6 is 0 Å². The topological polar surface area (TPSA) is 93.7 Å². The highest BCUT2D eigenvalue weighted by molar-refractivity contribution is 6.05. The predicted molar refractivity (Wildman–Crippen MR) is 92.8 cm³/mol. The third-order valence-corrected chi connectivity index (χ3v) is 3.02. The summed E-state index contributed by atoms with van der Waals surface area (Å²) in [6.45, 7) is 3.23. The van der Waals surface area contributed by atoms with E-state index in [9.17, 15) is 14.4 Å². The fraction of sp³-hybridized carbons (Fsp3) is 0.167. The number of hydrogen-bond donors (Lipinski definition) is 2. The highest BCUT2D eigenvalue weighted by Crippen LogP contribution is 2.19. The first-order valence-corrected chi connectivity index (χ1v) is 7.62. The van der Waals surface area contributed by atoms with Crippen LogP contribution < -0.4 is 15.4 Å². The van der Waals surface area contributed by atoms with Crippen LogP contribution in [0.5, 0.6) is 5.75 Å². The molecule has 0 radical (unpaired) electrons. The predicted octanol–water partition coefficient (Wildman–Crippen LogP) is 3.43. The van der Waals surface area contributed by atoms with Crippen LogP contribution in [0.4, 0.5) is 16.2 Å². The van der Waals surface area contributed by atoms with Gasteiger partial charge in [-0.25, -0.2) is 9.59 Å². The van der Waals surface area contributed by atoms with E-state index in [2.05, 4.69) is 10.6 Å². The van der Waals surface area contributed by atoms with E-state index in [1.54, 1.807) is 49.4 Å². The molecule has 0 aliphatic rings. The van der Waals surface area contributed by atoms with Crippen LogP contribution in [-0.2, 0) is 9.53 Å². The number of carbonyl (C=O) groups is 3. The first-order valence-electron chi connectivity index (χ1n) is 7.62. The summed E-state index contributed by atoms with van der Waals surface area (Å²) in [5.74, 6) is -0.655. The van der Waals surface area contributed by atoms with Crippen LogP contribution in [0, 0.1) is 0 Å². The molecule has 0 unspecified atom stereocenters. The second-order valence-electron chi connectivity index (χ2n) is 4.97. The molecule has 0 aliphatic heterocycles. The van der Waals surface area contributed by atoms with Gasteiger partial charge in [-0.05, 0) is 31.2 Å². The van der Waals surface area contributed by atoms with Gasteiger partial charge in [-0.3, -0.25) is 4.79 Å². The van der Waals surface area contributed by atoms with Gasteiger partial charge in [0.05, 0.1) is 17.9 Å². The van der Waals surface area contributed by atoms with Gasteiger partial charge in [-0.2, -0.15) is 0 Å². The van der Waals surface area contributed by atoms with Crippen LogP contribution in [0.2, 0.25) is 0 Å². The molecule has 130 valence electrons. The van der Waals surface area contributed by atoms with Gasteiger partial charge >= 0.3 is 18.0 Å². The Morgan fingerprint density at radius 2 is 1.76 bits per heavy atom. The molecular formula is C18H18N2O5. The smallest absolute Gasteiger partial charge is 0.340 e. The number of carbonyl (C=O) groups excluding carboxylic acids is 3. The summed E-state index contributed by atoms with van der Waals surface area (Å²) in [4.78, 5) is 35.1. The minimum atomic E-state index is -0.545. The molecule has 2 N–H and O–H groups in total. The number of ether oxygens (including phenoxy) is 2. The number of urea groups is 1. The number of anilines is 2. The molecule has 0 aromatic heterocycles. The zero-order chi connectivity index (χ0) is 18.2.